The number of nitrogens with one attached hydrogen (secondary N) is 1. The van der Waals surface area contributed by atoms with Crippen LogP contribution in [0.2, 0.25) is 0 Å². The summed E-state index contributed by atoms with van der Waals surface area (Å²) < 4.78 is 10.6. The molecule has 1 heterocycles. The predicted molar refractivity (Wildman–Crippen MR) is 95.8 cm³/mol. The van der Waals surface area contributed by atoms with Crippen LogP contribution in [0, 0.1) is 5.92 Å². The second-order valence-electron chi connectivity index (χ2n) is 6.60. The number of ether oxygens (including phenoxy) is 2. The molecule has 25 heavy (non-hydrogen) atoms. The summed E-state index contributed by atoms with van der Waals surface area (Å²) >= 11 is 0. The van der Waals surface area contributed by atoms with Gasteiger partial charge in [-0.15, -0.1) is 0 Å². The smallest absolute Gasteiger partial charge is 0.243 e. The van der Waals surface area contributed by atoms with E-state index in [9.17, 15) is 9.59 Å². The van der Waals surface area contributed by atoms with Gasteiger partial charge in [0.15, 0.2) is 0 Å². The normalized spacial score (nSPS) is 15.4. The van der Waals surface area contributed by atoms with Crippen LogP contribution in [0.3, 0.4) is 0 Å². The lowest BCUT2D eigenvalue weighted by atomic mass is 10.0. The van der Waals surface area contributed by atoms with Crippen molar-refractivity contribution in [3.63, 3.8) is 0 Å². The molecule has 0 radical (unpaired) electrons. The highest BCUT2D eigenvalue weighted by molar-refractivity contribution is 5.88. The van der Waals surface area contributed by atoms with Crippen LogP contribution < -0.4 is 14.8 Å². The summed E-state index contributed by atoms with van der Waals surface area (Å²) in [5.74, 6) is 1.54. The van der Waals surface area contributed by atoms with E-state index < -0.39 is 6.04 Å². The highest BCUT2D eigenvalue weighted by atomic mass is 16.5. The molecule has 1 atom stereocenters. The average Bonchev–Trinajstić information content (AvgIpc) is 3.00. The Labute approximate surface area is 149 Å². The van der Waals surface area contributed by atoms with E-state index in [1.165, 1.54) is 0 Å². The fraction of sp³-hybridized carbons (Fsp3) is 0.579. The molecule has 0 saturated carbocycles. The van der Waals surface area contributed by atoms with Gasteiger partial charge >= 0.3 is 0 Å². The minimum absolute atomic E-state index is 0.0747. The topological polar surface area (TPSA) is 67.9 Å². The largest absolute Gasteiger partial charge is 0.497 e. The minimum Gasteiger partial charge on any atom is -0.497 e. The molecular weight excluding hydrogens is 320 g/mol. The predicted octanol–water partition coefficient (Wildman–Crippen LogP) is 2.01. The molecule has 0 spiro atoms. The second-order valence-corrected chi connectivity index (χ2v) is 6.60. The molecule has 0 bridgehead atoms. The van der Waals surface area contributed by atoms with Crippen LogP contribution in [0.15, 0.2) is 18.2 Å². The van der Waals surface area contributed by atoms with Crippen molar-refractivity contribution in [2.45, 2.75) is 39.2 Å². The number of hydrogen-bond donors (Lipinski definition) is 1. The van der Waals surface area contributed by atoms with Crippen molar-refractivity contribution in [3.05, 3.63) is 23.8 Å². The van der Waals surface area contributed by atoms with Crippen LogP contribution in [-0.2, 0) is 16.0 Å². The molecule has 1 aromatic rings. The number of rotatable bonds is 8. The summed E-state index contributed by atoms with van der Waals surface area (Å²) in [6.07, 6.45) is 2.02. The monoisotopic (exact) mass is 348 g/mol. The Bertz CT molecular complexity index is 615. The van der Waals surface area contributed by atoms with Crippen molar-refractivity contribution in [2.24, 2.45) is 5.92 Å². The summed E-state index contributed by atoms with van der Waals surface area (Å²) in [5.41, 5.74) is 1.00. The quantitative estimate of drug-likeness (QED) is 0.780. The molecule has 1 aliphatic heterocycles. The Kier molecular flexibility index (Phi) is 6.67. The number of benzene rings is 1. The van der Waals surface area contributed by atoms with Gasteiger partial charge < -0.3 is 19.7 Å². The maximum absolute atomic E-state index is 12.6. The zero-order valence-electron chi connectivity index (χ0n) is 15.5. The molecule has 2 amide bonds. The van der Waals surface area contributed by atoms with Crippen molar-refractivity contribution in [1.29, 1.82) is 0 Å². The lowest BCUT2D eigenvalue weighted by molar-refractivity contribution is -0.139. The van der Waals surface area contributed by atoms with Crippen molar-refractivity contribution < 1.29 is 19.1 Å². The van der Waals surface area contributed by atoms with Crippen molar-refractivity contribution in [3.8, 4) is 11.5 Å². The van der Waals surface area contributed by atoms with Gasteiger partial charge in [-0.25, -0.2) is 0 Å². The third kappa shape index (κ3) is 4.65. The Morgan fingerprint density at radius 2 is 2.04 bits per heavy atom. The standard InChI is InChI=1S/C19H28N2O4/c1-13(2)18(21-11-5-6-17(21)22)19(23)20-10-9-14-7-8-15(24-3)12-16(14)25-4/h7-8,12-13,18H,5-6,9-11H2,1-4H3,(H,20,23)/t18-/m1/s1. The van der Waals surface area contributed by atoms with Crippen LogP contribution in [0.4, 0.5) is 0 Å². The van der Waals surface area contributed by atoms with Gasteiger partial charge in [0, 0.05) is 25.6 Å². The lowest BCUT2D eigenvalue weighted by Gasteiger charge is -2.29. The van der Waals surface area contributed by atoms with E-state index in [4.69, 9.17) is 9.47 Å². The molecule has 6 nitrogen and oxygen atoms in total. The van der Waals surface area contributed by atoms with E-state index >= 15 is 0 Å². The van der Waals surface area contributed by atoms with E-state index in [1.807, 2.05) is 32.0 Å². The minimum atomic E-state index is -0.396. The Morgan fingerprint density at radius 3 is 2.60 bits per heavy atom. The highest BCUT2D eigenvalue weighted by Gasteiger charge is 2.34. The molecule has 0 unspecified atom stereocenters. The highest BCUT2D eigenvalue weighted by Crippen LogP contribution is 2.25. The summed E-state index contributed by atoms with van der Waals surface area (Å²) in [6, 6.07) is 5.25. The van der Waals surface area contributed by atoms with Crippen LogP contribution in [0.25, 0.3) is 0 Å². The first-order chi connectivity index (χ1) is 12.0. The number of methoxy groups -OCH3 is 2. The number of hydrogen-bond acceptors (Lipinski definition) is 4. The molecule has 1 fully saturated rings. The maximum Gasteiger partial charge on any atom is 0.243 e. The summed E-state index contributed by atoms with van der Waals surface area (Å²) in [6.45, 7) is 5.11. The molecule has 0 aromatic heterocycles. The number of carbonyl (C=O) groups is 2. The Balaban J connectivity index is 1.96. The zero-order valence-corrected chi connectivity index (χ0v) is 15.5. The molecule has 6 heteroatoms. The molecule has 138 valence electrons. The maximum atomic E-state index is 12.6. The molecule has 2 rings (SSSR count). The van der Waals surface area contributed by atoms with E-state index in [0.29, 0.717) is 25.9 Å². The van der Waals surface area contributed by atoms with Crippen LogP contribution in [0.1, 0.15) is 32.3 Å². The van der Waals surface area contributed by atoms with E-state index in [-0.39, 0.29) is 17.7 Å². The van der Waals surface area contributed by atoms with Crippen molar-refractivity contribution in [2.75, 3.05) is 27.3 Å². The van der Waals surface area contributed by atoms with Crippen LogP contribution in [0.5, 0.6) is 11.5 Å². The molecule has 1 aromatic carbocycles. The second kappa shape index (κ2) is 8.74. The lowest BCUT2D eigenvalue weighted by Crippen LogP contribution is -2.50. The summed E-state index contributed by atoms with van der Waals surface area (Å²) in [4.78, 5) is 26.3. The molecule has 0 aliphatic carbocycles. The van der Waals surface area contributed by atoms with Gasteiger partial charge in [-0.1, -0.05) is 19.9 Å². The molecule has 1 N–H and O–H groups in total. The number of carbonyl (C=O) groups excluding carboxylic acids is 2. The number of likely N-dealkylation sites (tertiary alicyclic amines) is 1. The molecular formula is C19H28N2O4. The van der Waals surface area contributed by atoms with Crippen molar-refractivity contribution in [1.82, 2.24) is 10.2 Å². The zero-order chi connectivity index (χ0) is 18.4. The average molecular weight is 348 g/mol. The fourth-order valence-corrected chi connectivity index (χ4v) is 3.25. The van der Waals surface area contributed by atoms with E-state index in [1.54, 1.807) is 19.1 Å². The third-order valence-electron chi connectivity index (χ3n) is 4.53. The molecule has 1 aliphatic rings. The first-order valence-electron chi connectivity index (χ1n) is 8.76. The fourth-order valence-electron chi connectivity index (χ4n) is 3.25. The van der Waals surface area contributed by atoms with Gasteiger partial charge in [-0.05, 0) is 30.4 Å². The molecule has 1 saturated heterocycles. The van der Waals surface area contributed by atoms with Gasteiger partial charge in [-0.2, -0.15) is 0 Å². The van der Waals surface area contributed by atoms with Crippen LogP contribution in [-0.4, -0.2) is 50.1 Å². The van der Waals surface area contributed by atoms with Gasteiger partial charge in [0.25, 0.3) is 0 Å². The first-order valence-corrected chi connectivity index (χ1v) is 8.76. The van der Waals surface area contributed by atoms with Gasteiger partial charge in [0.2, 0.25) is 11.8 Å². The Hall–Kier alpha value is -2.24. The summed E-state index contributed by atoms with van der Waals surface area (Å²) in [5, 5.41) is 2.97. The van der Waals surface area contributed by atoms with Gasteiger partial charge in [0.05, 0.1) is 14.2 Å². The number of amides is 2. The first kappa shape index (κ1) is 19.1. The van der Waals surface area contributed by atoms with Gasteiger partial charge in [0.1, 0.15) is 17.5 Å². The SMILES string of the molecule is COc1ccc(CCNC(=O)[C@@H](C(C)C)N2CCCC2=O)c(OC)c1. The third-order valence-corrected chi connectivity index (χ3v) is 4.53. The van der Waals surface area contributed by atoms with Crippen LogP contribution >= 0.6 is 0 Å². The van der Waals surface area contributed by atoms with E-state index in [0.717, 1.165) is 23.5 Å². The van der Waals surface area contributed by atoms with E-state index in [2.05, 4.69) is 5.32 Å². The Morgan fingerprint density at radius 1 is 1.28 bits per heavy atom. The van der Waals surface area contributed by atoms with Gasteiger partial charge in [-0.3, -0.25) is 9.59 Å². The summed E-state index contributed by atoms with van der Waals surface area (Å²) in [7, 11) is 3.23. The number of nitrogens with zero attached hydrogens (tertiary/aromatic N) is 1. The van der Waals surface area contributed by atoms with Crippen molar-refractivity contribution >= 4 is 11.8 Å².